The van der Waals surface area contributed by atoms with Crippen molar-refractivity contribution in [3.8, 4) is 0 Å². The van der Waals surface area contributed by atoms with Crippen LogP contribution in [0.4, 0.5) is 0 Å². The first-order valence-corrected chi connectivity index (χ1v) is 17.6. The molecule has 1 N–H and O–H groups in total. The molecule has 0 spiro atoms. The molecule has 2 saturated heterocycles. The van der Waals surface area contributed by atoms with E-state index in [9.17, 15) is 5.11 Å². The molecule has 6 aliphatic rings. The monoisotopic (exact) mass is 580 g/mol. The quantitative estimate of drug-likeness (QED) is 0.418. The van der Waals surface area contributed by atoms with Crippen LogP contribution in [0.3, 0.4) is 0 Å². The van der Waals surface area contributed by atoms with Crippen LogP contribution in [-0.4, -0.2) is 89.3 Å². The molecule has 234 valence electrons. The van der Waals surface area contributed by atoms with Crippen molar-refractivity contribution < 1.29 is 14.6 Å². The van der Waals surface area contributed by atoms with Crippen molar-refractivity contribution in [3.63, 3.8) is 0 Å². The highest BCUT2D eigenvalue weighted by molar-refractivity contribution is 5.31. The van der Waals surface area contributed by atoms with Gasteiger partial charge in [0, 0.05) is 30.3 Å². The molecule has 42 heavy (non-hydrogen) atoms. The highest BCUT2D eigenvalue weighted by Crippen LogP contribution is 2.72. The summed E-state index contributed by atoms with van der Waals surface area (Å²) in [7, 11) is 0. The van der Waals surface area contributed by atoms with Gasteiger partial charge < -0.3 is 24.4 Å². The predicted molar refractivity (Wildman–Crippen MR) is 164 cm³/mol. The molecule has 1 aromatic rings. The van der Waals surface area contributed by atoms with E-state index in [-0.39, 0.29) is 5.41 Å². The lowest BCUT2D eigenvalue weighted by atomic mass is 9.42. The van der Waals surface area contributed by atoms with Gasteiger partial charge in [0.15, 0.2) is 0 Å². The fraction of sp³-hybridized carbons (Fsp3) is 0.886. The van der Waals surface area contributed by atoms with Gasteiger partial charge in [-0.1, -0.05) is 13.8 Å². The van der Waals surface area contributed by atoms with Gasteiger partial charge in [0.2, 0.25) is 0 Å². The highest BCUT2D eigenvalue weighted by atomic mass is 16.5. The highest BCUT2D eigenvalue weighted by Gasteiger charge is 2.73. The van der Waals surface area contributed by atoms with Crippen molar-refractivity contribution >= 4 is 0 Å². The Morgan fingerprint density at radius 1 is 0.833 bits per heavy atom. The van der Waals surface area contributed by atoms with E-state index in [0.29, 0.717) is 35.9 Å². The minimum absolute atomic E-state index is 0.300. The maximum Gasteiger partial charge on any atom is 0.103 e. The average Bonchev–Trinajstić information content (AvgIpc) is 3.76. The van der Waals surface area contributed by atoms with E-state index in [0.717, 1.165) is 50.9 Å². The van der Waals surface area contributed by atoms with E-state index in [1.165, 1.54) is 84.0 Å². The summed E-state index contributed by atoms with van der Waals surface area (Å²) in [6.45, 7) is 13.5. The summed E-state index contributed by atoms with van der Waals surface area (Å²) in [6.07, 6.45) is 19.3. The second kappa shape index (κ2) is 11.7. The Kier molecular flexibility index (Phi) is 8.22. The smallest absolute Gasteiger partial charge is 0.103 e. The lowest BCUT2D eigenvalue weighted by molar-refractivity contribution is -0.249. The van der Waals surface area contributed by atoms with Crippen LogP contribution in [0.2, 0.25) is 0 Å². The van der Waals surface area contributed by atoms with Crippen LogP contribution < -0.4 is 0 Å². The summed E-state index contributed by atoms with van der Waals surface area (Å²) in [6, 6.07) is 2.11. The number of hydrogen-bond donors (Lipinski definition) is 1. The molecule has 1 aromatic heterocycles. The Morgan fingerprint density at radius 2 is 1.57 bits per heavy atom. The first kappa shape index (κ1) is 29.6. The van der Waals surface area contributed by atoms with E-state index < -0.39 is 11.2 Å². The molecule has 3 unspecified atom stereocenters. The molecule has 7 nitrogen and oxygen atoms in total. The third-order valence-corrected chi connectivity index (χ3v) is 13.9. The number of fused-ring (bicyclic) bond motifs is 5. The van der Waals surface area contributed by atoms with E-state index in [4.69, 9.17) is 9.47 Å². The maximum atomic E-state index is 13.0. The average molecular weight is 581 g/mol. The molecule has 0 bridgehead atoms. The minimum Gasteiger partial charge on any atom is -0.389 e. The van der Waals surface area contributed by atoms with Crippen LogP contribution in [0.5, 0.6) is 0 Å². The van der Waals surface area contributed by atoms with Crippen LogP contribution in [0.15, 0.2) is 18.5 Å². The topological polar surface area (TPSA) is 71.0 Å². The Bertz CT molecular complexity index is 1060. The number of aliphatic hydroxyl groups is 1. The zero-order valence-electron chi connectivity index (χ0n) is 26.4. The second-order valence-electron chi connectivity index (χ2n) is 15.5. The molecule has 6 fully saturated rings. The second-order valence-corrected chi connectivity index (χ2v) is 15.5. The number of ether oxygens (including phenoxy) is 2. The minimum atomic E-state index is -0.718. The van der Waals surface area contributed by atoms with Crippen LogP contribution in [0.1, 0.15) is 103 Å². The van der Waals surface area contributed by atoms with Crippen LogP contribution in [0, 0.1) is 28.6 Å². The lowest BCUT2D eigenvalue weighted by Crippen LogP contribution is -2.65. The predicted octanol–water partition coefficient (Wildman–Crippen LogP) is 5.42. The molecule has 0 aromatic carbocycles. The molecule has 7 rings (SSSR count). The molecule has 7 heteroatoms. The summed E-state index contributed by atoms with van der Waals surface area (Å²) in [5, 5.41) is 21.4. The maximum absolute atomic E-state index is 13.0. The van der Waals surface area contributed by atoms with Gasteiger partial charge in [0.05, 0.1) is 31.1 Å². The third-order valence-electron chi connectivity index (χ3n) is 13.9. The summed E-state index contributed by atoms with van der Waals surface area (Å²) in [4.78, 5) is 5.10. The van der Waals surface area contributed by atoms with Gasteiger partial charge in [0.1, 0.15) is 5.60 Å². The van der Waals surface area contributed by atoms with E-state index in [1.54, 1.807) is 0 Å². The number of hydrogen-bond acceptors (Lipinski definition) is 7. The number of aromatic nitrogens is 2. The van der Waals surface area contributed by atoms with E-state index in [2.05, 4.69) is 39.9 Å². The van der Waals surface area contributed by atoms with Crippen molar-refractivity contribution in [1.29, 1.82) is 0 Å². The summed E-state index contributed by atoms with van der Waals surface area (Å²) in [5.41, 5.74) is -0.157. The Hall–Kier alpha value is -1.12. The lowest BCUT2D eigenvalue weighted by Gasteiger charge is -2.64. The number of likely N-dealkylation sites (tertiary alicyclic amines) is 2. The van der Waals surface area contributed by atoms with Crippen molar-refractivity contribution in [2.24, 2.45) is 28.6 Å². The van der Waals surface area contributed by atoms with Crippen molar-refractivity contribution in [2.45, 2.75) is 115 Å². The molecule has 0 amide bonds. The molecule has 2 aliphatic heterocycles. The largest absolute Gasteiger partial charge is 0.389 e. The Labute approximate surface area is 254 Å². The van der Waals surface area contributed by atoms with Gasteiger partial charge in [-0.2, -0.15) is 10.2 Å². The Balaban J connectivity index is 1.07. The van der Waals surface area contributed by atoms with E-state index in [1.807, 2.05) is 12.4 Å². The van der Waals surface area contributed by atoms with Crippen LogP contribution in [0.25, 0.3) is 0 Å². The summed E-state index contributed by atoms with van der Waals surface area (Å²) >= 11 is 0. The first-order chi connectivity index (χ1) is 20.4. The van der Waals surface area contributed by atoms with Gasteiger partial charge in [-0.05, 0) is 139 Å². The SMILES string of the molecule is C[C@]12CCC(OCCN3CCCC3)CC1CC[C@@H]1[C@H]2CC[C@]2(C)C(OCCN3CCCC3)(c3ccnnc3)CC[C@@]12O. The molecular formula is C35H56N4O3. The van der Waals surface area contributed by atoms with Gasteiger partial charge in [-0.3, -0.25) is 0 Å². The molecule has 8 atom stereocenters. The van der Waals surface area contributed by atoms with Gasteiger partial charge in [-0.15, -0.1) is 0 Å². The van der Waals surface area contributed by atoms with Gasteiger partial charge in [0.25, 0.3) is 0 Å². The van der Waals surface area contributed by atoms with E-state index >= 15 is 0 Å². The van der Waals surface area contributed by atoms with Gasteiger partial charge >= 0.3 is 0 Å². The molecule has 0 radical (unpaired) electrons. The molecule has 3 heterocycles. The number of nitrogens with zero attached hydrogens (tertiary/aromatic N) is 4. The van der Waals surface area contributed by atoms with Crippen molar-refractivity contribution in [1.82, 2.24) is 20.0 Å². The van der Waals surface area contributed by atoms with Crippen LogP contribution >= 0.6 is 0 Å². The summed E-state index contributed by atoms with van der Waals surface area (Å²) < 4.78 is 13.6. The first-order valence-electron chi connectivity index (χ1n) is 17.6. The fourth-order valence-corrected chi connectivity index (χ4v) is 11.4. The molecular weight excluding hydrogens is 524 g/mol. The van der Waals surface area contributed by atoms with Crippen molar-refractivity contribution in [3.05, 3.63) is 24.0 Å². The normalized spacial score (nSPS) is 44.2. The van der Waals surface area contributed by atoms with Gasteiger partial charge in [-0.25, -0.2) is 0 Å². The summed E-state index contributed by atoms with van der Waals surface area (Å²) in [5.74, 6) is 1.63. The van der Waals surface area contributed by atoms with Crippen molar-refractivity contribution in [2.75, 3.05) is 52.5 Å². The Morgan fingerprint density at radius 3 is 2.29 bits per heavy atom. The molecule has 4 aliphatic carbocycles. The van der Waals surface area contributed by atoms with Crippen LogP contribution in [-0.2, 0) is 15.1 Å². The molecule has 4 saturated carbocycles. The zero-order valence-corrected chi connectivity index (χ0v) is 26.4. The number of rotatable bonds is 9. The zero-order chi connectivity index (χ0) is 28.8. The standard InChI is InChI=1S/C35H56N4O3/c1-32-12-9-29(41-23-21-38-17-3-4-18-38)25-27(32)7-8-31-30(32)10-13-33(2)34(31,40)14-15-35(33,28-11-16-36-37-26-28)42-24-22-39-19-5-6-20-39/h11,16,26-27,29-31,40H,3-10,12-15,17-25H2,1-2H3/t27?,29?,30-,31-,32+,33+,34-,35?/m1/s1. The third kappa shape index (κ3) is 4.79. The fourth-order valence-electron chi connectivity index (χ4n) is 11.4.